The third kappa shape index (κ3) is 3.21. The van der Waals surface area contributed by atoms with Crippen LogP contribution in [0.4, 0.5) is 0 Å². The lowest BCUT2D eigenvalue weighted by Crippen LogP contribution is -1.99. The van der Waals surface area contributed by atoms with E-state index in [4.69, 9.17) is 9.47 Å². The summed E-state index contributed by atoms with van der Waals surface area (Å²) in [4.78, 5) is 21.7. The first-order valence-corrected chi connectivity index (χ1v) is 8.81. The Morgan fingerprint density at radius 2 is 1.10 bits per heavy atom. The van der Waals surface area contributed by atoms with E-state index in [1.807, 2.05) is 48.5 Å². The van der Waals surface area contributed by atoms with E-state index >= 15 is 0 Å². The number of hydrogen-bond donors (Lipinski definition) is 2. The van der Waals surface area contributed by atoms with Crippen molar-refractivity contribution < 1.29 is 29.3 Å². The highest BCUT2D eigenvalue weighted by Crippen LogP contribution is 2.42. The lowest BCUT2D eigenvalue weighted by Gasteiger charge is -2.16. The van der Waals surface area contributed by atoms with Crippen LogP contribution in [-0.4, -0.2) is 23.2 Å². The molecule has 6 heteroatoms. The standard InChI is InChI=1S/C23H16O6/c24-12-28-20-9-14-5-1-3-7-16(14)18(22(20)26)11-19-17-8-4-2-6-15(17)10-21(23(19)27)29-13-25/h1-10,12-13,26-27H,11H2. The maximum absolute atomic E-state index is 10.9. The van der Waals surface area contributed by atoms with Crippen LogP contribution in [0.25, 0.3) is 21.5 Å². The highest BCUT2D eigenvalue weighted by atomic mass is 16.5. The summed E-state index contributed by atoms with van der Waals surface area (Å²) in [6, 6.07) is 17.8. The molecule has 0 aliphatic heterocycles. The first kappa shape index (κ1) is 18.3. The van der Waals surface area contributed by atoms with Crippen molar-refractivity contribution in [3.63, 3.8) is 0 Å². The molecule has 0 radical (unpaired) electrons. The van der Waals surface area contributed by atoms with E-state index in [-0.39, 0.29) is 42.4 Å². The maximum atomic E-state index is 10.9. The summed E-state index contributed by atoms with van der Waals surface area (Å²) < 4.78 is 9.88. The predicted molar refractivity (Wildman–Crippen MR) is 107 cm³/mol. The zero-order valence-corrected chi connectivity index (χ0v) is 15.2. The normalized spacial score (nSPS) is 10.8. The monoisotopic (exact) mass is 388 g/mol. The van der Waals surface area contributed by atoms with Crippen LogP contribution in [0.2, 0.25) is 0 Å². The average Bonchev–Trinajstić information content (AvgIpc) is 2.73. The van der Waals surface area contributed by atoms with Gasteiger partial charge in [0, 0.05) is 17.5 Å². The minimum Gasteiger partial charge on any atom is -0.504 e. The van der Waals surface area contributed by atoms with E-state index in [2.05, 4.69) is 0 Å². The Morgan fingerprint density at radius 1 is 0.690 bits per heavy atom. The molecule has 2 N–H and O–H groups in total. The number of carbonyl (C=O) groups excluding carboxylic acids is 2. The van der Waals surface area contributed by atoms with Crippen LogP contribution in [0.5, 0.6) is 23.0 Å². The second-order valence-corrected chi connectivity index (χ2v) is 6.45. The molecular weight excluding hydrogens is 372 g/mol. The summed E-state index contributed by atoms with van der Waals surface area (Å²) in [5.41, 5.74) is 0.951. The van der Waals surface area contributed by atoms with E-state index in [0.29, 0.717) is 11.1 Å². The molecule has 6 nitrogen and oxygen atoms in total. The highest BCUT2D eigenvalue weighted by Gasteiger charge is 2.20. The van der Waals surface area contributed by atoms with E-state index in [1.165, 1.54) is 0 Å². The van der Waals surface area contributed by atoms with Crippen LogP contribution >= 0.6 is 0 Å². The van der Waals surface area contributed by atoms with Crippen molar-refractivity contribution in [1.82, 2.24) is 0 Å². The minimum absolute atomic E-state index is 0.0257. The fourth-order valence-electron chi connectivity index (χ4n) is 3.59. The summed E-state index contributed by atoms with van der Waals surface area (Å²) in [7, 11) is 0. The van der Waals surface area contributed by atoms with Crippen molar-refractivity contribution in [1.29, 1.82) is 0 Å². The minimum atomic E-state index is -0.194. The van der Waals surface area contributed by atoms with E-state index in [0.717, 1.165) is 21.5 Å². The lowest BCUT2D eigenvalue weighted by atomic mass is 9.93. The van der Waals surface area contributed by atoms with Crippen molar-refractivity contribution in [2.24, 2.45) is 0 Å². The predicted octanol–water partition coefficient (Wildman–Crippen LogP) is 4.07. The third-order valence-corrected chi connectivity index (χ3v) is 4.89. The largest absolute Gasteiger partial charge is 0.504 e. The van der Waals surface area contributed by atoms with Crippen molar-refractivity contribution in [2.75, 3.05) is 0 Å². The van der Waals surface area contributed by atoms with Crippen LogP contribution in [0.15, 0.2) is 60.7 Å². The Balaban J connectivity index is 1.99. The molecule has 0 saturated heterocycles. The Morgan fingerprint density at radius 3 is 1.52 bits per heavy atom. The van der Waals surface area contributed by atoms with Gasteiger partial charge in [0.25, 0.3) is 12.9 Å². The van der Waals surface area contributed by atoms with Crippen LogP contribution in [-0.2, 0) is 16.0 Å². The number of fused-ring (bicyclic) bond motifs is 2. The Bertz CT molecular complexity index is 1150. The summed E-state index contributed by atoms with van der Waals surface area (Å²) in [6.45, 7) is 0.498. The second-order valence-electron chi connectivity index (χ2n) is 6.45. The SMILES string of the molecule is O=COc1cc2ccccc2c(Cc2c(O)c(OC=O)cc3ccccc23)c1O. The molecule has 4 aromatic rings. The van der Waals surface area contributed by atoms with Gasteiger partial charge in [0.1, 0.15) is 0 Å². The number of carbonyl (C=O) groups is 2. The Kier molecular flexibility index (Phi) is 4.75. The lowest BCUT2D eigenvalue weighted by molar-refractivity contribution is -0.121. The van der Waals surface area contributed by atoms with Gasteiger partial charge in [-0.15, -0.1) is 0 Å². The van der Waals surface area contributed by atoms with E-state index < -0.39 is 0 Å². The molecule has 0 aromatic heterocycles. The van der Waals surface area contributed by atoms with Crippen LogP contribution in [0.3, 0.4) is 0 Å². The van der Waals surface area contributed by atoms with Crippen LogP contribution in [0, 0.1) is 0 Å². The summed E-state index contributed by atoms with van der Waals surface area (Å²) in [5.74, 6) is -0.336. The molecule has 0 saturated carbocycles. The van der Waals surface area contributed by atoms with Crippen molar-refractivity contribution in [2.45, 2.75) is 6.42 Å². The average molecular weight is 388 g/mol. The fourth-order valence-corrected chi connectivity index (χ4v) is 3.59. The van der Waals surface area contributed by atoms with Gasteiger partial charge in [-0.3, -0.25) is 9.59 Å². The molecule has 0 aliphatic carbocycles. The smallest absolute Gasteiger partial charge is 0.298 e. The molecule has 0 spiro atoms. The topological polar surface area (TPSA) is 93.1 Å². The van der Waals surface area contributed by atoms with Crippen LogP contribution < -0.4 is 9.47 Å². The molecule has 4 aromatic carbocycles. The van der Waals surface area contributed by atoms with Gasteiger partial charge >= 0.3 is 0 Å². The van der Waals surface area contributed by atoms with Crippen molar-refractivity contribution in [3.8, 4) is 23.0 Å². The molecule has 29 heavy (non-hydrogen) atoms. The number of rotatable bonds is 6. The Labute approximate surface area is 165 Å². The molecule has 0 aliphatic rings. The Hall–Kier alpha value is -4.06. The van der Waals surface area contributed by atoms with Gasteiger partial charge in [-0.2, -0.15) is 0 Å². The molecule has 0 heterocycles. The van der Waals surface area contributed by atoms with Crippen LogP contribution in [0.1, 0.15) is 11.1 Å². The van der Waals surface area contributed by atoms with Gasteiger partial charge in [-0.05, 0) is 33.7 Å². The first-order chi connectivity index (χ1) is 14.1. The summed E-state index contributed by atoms with van der Waals surface area (Å²) in [6.07, 6.45) is 0.116. The van der Waals surface area contributed by atoms with Crippen molar-refractivity contribution >= 4 is 34.5 Å². The molecule has 0 unspecified atom stereocenters. The quantitative estimate of drug-likeness (QED) is 0.484. The maximum Gasteiger partial charge on any atom is 0.298 e. The zero-order chi connectivity index (χ0) is 20.4. The molecule has 0 amide bonds. The number of phenolic OH excluding ortho intramolecular Hbond substituents is 2. The van der Waals surface area contributed by atoms with Gasteiger partial charge in [0.15, 0.2) is 23.0 Å². The number of phenols is 2. The van der Waals surface area contributed by atoms with E-state index in [1.54, 1.807) is 12.1 Å². The van der Waals surface area contributed by atoms with Gasteiger partial charge in [-0.1, -0.05) is 48.5 Å². The van der Waals surface area contributed by atoms with Gasteiger partial charge in [0.05, 0.1) is 0 Å². The van der Waals surface area contributed by atoms with E-state index in [9.17, 15) is 19.8 Å². The zero-order valence-electron chi connectivity index (χ0n) is 15.2. The van der Waals surface area contributed by atoms with Gasteiger partial charge in [0.2, 0.25) is 0 Å². The molecule has 0 bridgehead atoms. The fraction of sp³-hybridized carbons (Fsp3) is 0.0435. The number of aromatic hydroxyl groups is 2. The number of benzene rings is 4. The van der Waals surface area contributed by atoms with Gasteiger partial charge in [-0.25, -0.2) is 0 Å². The number of hydrogen-bond acceptors (Lipinski definition) is 6. The highest BCUT2D eigenvalue weighted by molar-refractivity contribution is 5.94. The van der Waals surface area contributed by atoms with Gasteiger partial charge < -0.3 is 19.7 Å². The molecule has 4 rings (SSSR count). The molecule has 144 valence electrons. The molecule has 0 fully saturated rings. The third-order valence-electron chi connectivity index (χ3n) is 4.89. The molecular formula is C23H16O6. The number of ether oxygens (including phenoxy) is 2. The summed E-state index contributed by atoms with van der Waals surface area (Å²) >= 11 is 0. The second kappa shape index (κ2) is 7.52. The molecule has 0 atom stereocenters. The van der Waals surface area contributed by atoms with Crippen molar-refractivity contribution in [3.05, 3.63) is 71.8 Å². The first-order valence-electron chi connectivity index (χ1n) is 8.81. The summed E-state index contributed by atoms with van der Waals surface area (Å²) in [5, 5.41) is 24.5.